The highest BCUT2D eigenvalue weighted by Gasteiger charge is 2.20. The minimum atomic E-state index is -4.63. The fourth-order valence-corrected chi connectivity index (χ4v) is 6.63. The van der Waals surface area contributed by atoms with Crippen LogP contribution in [-0.4, -0.2) is 38.1 Å². The summed E-state index contributed by atoms with van der Waals surface area (Å²) < 4.78 is 44.0. The zero-order chi connectivity index (χ0) is 35.1. The van der Waals surface area contributed by atoms with Gasteiger partial charge in [-0.2, -0.15) is 8.42 Å². The van der Waals surface area contributed by atoms with Crippen molar-refractivity contribution < 1.29 is 32.0 Å². The molecule has 7 nitrogen and oxygen atoms in total. The summed E-state index contributed by atoms with van der Waals surface area (Å²) in [5, 5.41) is 0. The molecule has 0 aromatic heterocycles. The smallest absolute Gasteiger partial charge is 0.338 e. The number of carbonyl (C=O) groups excluding carboxylic acids is 2. The molecule has 0 saturated heterocycles. The average Bonchev–Trinajstić information content (AvgIpc) is 3.07. The summed E-state index contributed by atoms with van der Waals surface area (Å²) in [6.45, 7) is 4.93. The van der Waals surface area contributed by atoms with Crippen molar-refractivity contribution in [3.8, 4) is 0 Å². The molecule has 0 bridgehead atoms. The number of ether oxygens (including phenoxy) is 2. The molecule has 0 saturated carbocycles. The Morgan fingerprint density at radius 2 is 0.708 bits per heavy atom. The number of benzene rings is 1. The van der Waals surface area contributed by atoms with E-state index < -0.39 is 27.0 Å². The summed E-state index contributed by atoms with van der Waals surface area (Å²) in [5.74, 6) is -1.45. The van der Waals surface area contributed by atoms with Crippen molar-refractivity contribution in [1.82, 2.24) is 0 Å². The molecule has 1 rings (SSSR count). The van der Waals surface area contributed by atoms with Crippen molar-refractivity contribution >= 4 is 22.1 Å². The van der Waals surface area contributed by atoms with Crippen LogP contribution >= 0.6 is 0 Å². The Balaban J connectivity index is 2.24. The molecule has 0 radical (unpaired) electrons. The Morgan fingerprint density at radius 3 is 0.958 bits per heavy atom. The summed E-state index contributed by atoms with van der Waals surface area (Å²) in [5.41, 5.74) is -0.196. The van der Waals surface area contributed by atoms with Crippen molar-refractivity contribution in [2.75, 3.05) is 13.2 Å². The molecular weight excluding hydrogens is 625 g/mol. The Hall–Kier alpha value is -1.93. The first-order valence-electron chi connectivity index (χ1n) is 19.8. The van der Waals surface area contributed by atoms with E-state index in [1.807, 2.05) is 0 Å². The van der Waals surface area contributed by atoms with Gasteiger partial charge in [-0.05, 0) is 31.0 Å². The Labute approximate surface area is 294 Å². The standard InChI is InChI=1S/C40H70O7S/c1-3-5-7-9-11-13-15-17-19-21-23-25-27-29-31-46-39(41)36-33-37(35-38(34-36)48(43,44)45)40(42)47-32-30-28-26-24-22-20-18-16-14-12-10-8-6-4-2/h33-35H,3-32H2,1-2H3,(H,43,44,45). The maximum absolute atomic E-state index is 12.7. The SMILES string of the molecule is CCCCCCCCCCCCCCCCOC(=O)c1cc(C(=O)OCCCCCCCCCCCCCCCC)cc(S(=O)(=O)O)c1. The lowest BCUT2D eigenvalue weighted by Crippen LogP contribution is -2.13. The molecule has 0 atom stereocenters. The molecular formula is C40H70O7S. The zero-order valence-electron chi connectivity index (χ0n) is 30.8. The van der Waals surface area contributed by atoms with Gasteiger partial charge in [-0.3, -0.25) is 4.55 Å². The number of rotatable bonds is 33. The molecule has 0 aliphatic heterocycles. The second-order valence-corrected chi connectivity index (χ2v) is 15.1. The lowest BCUT2D eigenvalue weighted by Gasteiger charge is -2.10. The second kappa shape index (κ2) is 29.9. The van der Waals surface area contributed by atoms with Crippen molar-refractivity contribution in [2.45, 2.75) is 199 Å². The van der Waals surface area contributed by atoms with Gasteiger partial charge in [0.05, 0.1) is 29.2 Å². The molecule has 48 heavy (non-hydrogen) atoms. The molecule has 1 aromatic carbocycles. The fourth-order valence-electron chi connectivity index (χ4n) is 6.07. The van der Waals surface area contributed by atoms with Gasteiger partial charge in [0.15, 0.2) is 0 Å². The number of hydrogen-bond acceptors (Lipinski definition) is 6. The predicted molar refractivity (Wildman–Crippen MR) is 197 cm³/mol. The first-order chi connectivity index (χ1) is 23.3. The maximum Gasteiger partial charge on any atom is 0.338 e. The van der Waals surface area contributed by atoms with Gasteiger partial charge in [0, 0.05) is 0 Å². The van der Waals surface area contributed by atoms with Crippen LogP contribution in [0.15, 0.2) is 23.1 Å². The summed E-state index contributed by atoms with van der Waals surface area (Å²) in [4.78, 5) is 24.8. The van der Waals surface area contributed by atoms with Crippen LogP contribution in [0, 0.1) is 0 Å². The van der Waals surface area contributed by atoms with Crippen LogP contribution in [0.3, 0.4) is 0 Å². The van der Waals surface area contributed by atoms with E-state index in [-0.39, 0.29) is 24.3 Å². The first-order valence-corrected chi connectivity index (χ1v) is 21.2. The van der Waals surface area contributed by atoms with Gasteiger partial charge in [-0.15, -0.1) is 0 Å². The fraction of sp³-hybridized carbons (Fsp3) is 0.800. The van der Waals surface area contributed by atoms with Crippen LogP contribution in [0.5, 0.6) is 0 Å². The van der Waals surface area contributed by atoms with E-state index in [1.54, 1.807) is 0 Å². The lowest BCUT2D eigenvalue weighted by atomic mass is 10.0. The summed E-state index contributed by atoms with van der Waals surface area (Å²) in [6, 6.07) is 3.34. The maximum atomic E-state index is 12.7. The summed E-state index contributed by atoms with van der Waals surface area (Å²) in [6.07, 6.45) is 34.4. The quantitative estimate of drug-likeness (QED) is 0.0443. The van der Waals surface area contributed by atoms with Gasteiger partial charge in [-0.25, -0.2) is 9.59 Å². The molecule has 0 heterocycles. The van der Waals surface area contributed by atoms with Gasteiger partial charge in [0.25, 0.3) is 10.1 Å². The molecule has 1 aromatic rings. The highest BCUT2D eigenvalue weighted by Crippen LogP contribution is 2.19. The third-order valence-electron chi connectivity index (χ3n) is 9.14. The molecule has 0 fully saturated rings. The minimum absolute atomic E-state index is 0.0982. The number of carbonyl (C=O) groups is 2. The number of unbranched alkanes of at least 4 members (excludes halogenated alkanes) is 26. The van der Waals surface area contributed by atoms with Gasteiger partial charge in [0.1, 0.15) is 0 Å². The highest BCUT2D eigenvalue weighted by atomic mass is 32.2. The van der Waals surface area contributed by atoms with E-state index >= 15 is 0 Å². The first kappa shape index (κ1) is 44.1. The monoisotopic (exact) mass is 694 g/mol. The van der Waals surface area contributed by atoms with Crippen LogP contribution in [-0.2, 0) is 19.6 Å². The Morgan fingerprint density at radius 1 is 0.458 bits per heavy atom. The number of hydrogen-bond donors (Lipinski definition) is 1. The lowest BCUT2D eigenvalue weighted by molar-refractivity contribution is 0.0495. The molecule has 0 unspecified atom stereocenters. The van der Waals surface area contributed by atoms with Gasteiger partial charge >= 0.3 is 11.9 Å². The largest absolute Gasteiger partial charge is 0.462 e. The van der Waals surface area contributed by atoms with Crippen LogP contribution in [0.25, 0.3) is 0 Å². The summed E-state index contributed by atoms with van der Waals surface area (Å²) >= 11 is 0. The highest BCUT2D eigenvalue weighted by molar-refractivity contribution is 7.85. The van der Waals surface area contributed by atoms with Gasteiger partial charge < -0.3 is 9.47 Å². The van der Waals surface area contributed by atoms with Crippen LogP contribution in [0.1, 0.15) is 214 Å². The van der Waals surface area contributed by atoms with Crippen molar-refractivity contribution in [2.24, 2.45) is 0 Å². The summed E-state index contributed by atoms with van der Waals surface area (Å²) in [7, 11) is -4.63. The molecule has 1 N–H and O–H groups in total. The van der Waals surface area contributed by atoms with Crippen molar-refractivity contribution in [3.63, 3.8) is 0 Å². The van der Waals surface area contributed by atoms with Crippen LogP contribution < -0.4 is 0 Å². The molecule has 278 valence electrons. The van der Waals surface area contributed by atoms with Crippen molar-refractivity contribution in [3.05, 3.63) is 29.3 Å². The minimum Gasteiger partial charge on any atom is -0.462 e. The van der Waals surface area contributed by atoms with Crippen LogP contribution in [0.4, 0.5) is 0 Å². The molecule has 0 spiro atoms. The second-order valence-electron chi connectivity index (χ2n) is 13.7. The Bertz CT molecular complexity index is 989. The zero-order valence-corrected chi connectivity index (χ0v) is 31.6. The molecule has 0 aliphatic carbocycles. The van der Waals surface area contributed by atoms with Gasteiger partial charge in [0.2, 0.25) is 0 Å². The van der Waals surface area contributed by atoms with E-state index in [0.717, 1.165) is 50.7 Å². The predicted octanol–water partition coefficient (Wildman–Crippen LogP) is 12.2. The third kappa shape index (κ3) is 24.2. The van der Waals surface area contributed by atoms with E-state index in [4.69, 9.17) is 9.47 Å². The van der Waals surface area contributed by atoms with E-state index in [1.165, 1.54) is 147 Å². The van der Waals surface area contributed by atoms with E-state index in [9.17, 15) is 22.6 Å². The van der Waals surface area contributed by atoms with Crippen LogP contribution in [0.2, 0.25) is 0 Å². The van der Waals surface area contributed by atoms with Gasteiger partial charge in [-0.1, -0.05) is 181 Å². The Kier molecular flexibility index (Phi) is 27.5. The van der Waals surface area contributed by atoms with Crippen molar-refractivity contribution in [1.29, 1.82) is 0 Å². The number of esters is 2. The molecule has 8 heteroatoms. The third-order valence-corrected chi connectivity index (χ3v) is 9.97. The average molecular weight is 695 g/mol. The van der Waals surface area contributed by atoms with E-state index in [0.29, 0.717) is 0 Å². The molecule has 0 aliphatic rings. The topological polar surface area (TPSA) is 107 Å². The normalized spacial score (nSPS) is 11.6. The molecule has 0 amide bonds. The van der Waals surface area contributed by atoms with E-state index in [2.05, 4.69) is 13.8 Å².